The van der Waals surface area contributed by atoms with Crippen LogP contribution in [0.2, 0.25) is 0 Å². The van der Waals surface area contributed by atoms with Gasteiger partial charge in [0.25, 0.3) is 0 Å². The first-order valence-corrected chi connectivity index (χ1v) is 6.42. The number of piperidine rings is 1. The number of rotatable bonds is 2. The van der Waals surface area contributed by atoms with E-state index in [1.54, 1.807) is 0 Å². The van der Waals surface area contributed by atoms with Crippen molar-refractivity contribution in [2.75, 3.05) is 13.1 Å². The average Bonchev–Trinajstić information content (AvgIpc) is 2.89. The maximum Gasteiger partial charge on any atom is 0.308 e. The standard InChI is InChI=1S/C13H19NO2/c15-13(16)11-9-4-5-10(8-9)12(11)14-6-2-1-3-7-14/h4-5,9-12H,1-3,6-8H2,(H,15,16). The van der Waals surface area contributed by atoms with Crippen molar-refractivity contribution in [3.05, 3.63) is 12.2 Å². The van der Waals surface area contributed by atoms with Crippen LogP contribution in [0, 0.1) is 17.8 Å². The van der Waals surface area contributed by atoms with Gasteiger partial charge in [0.05, 0.1) is 5.92 Å². The molecule has 3 heteroatoms. The minimum Gasteiger partial charge on any atom is -0.481 e. The number of hydrogen-bond donors (Lipinski definition) is 1. The SMILES string of the molecule is O=C(O)C1C2C=CC(C2)C1N1CCCCC1. The molecule has 0 amide bonds. The number of likely N-dealkylation sites (tertiary alicyclic amines) is 1. The Morgan fingerprint density at radius 1 is 1.12 bits per heavy atom. The molecule has 0 aromatic rings. The van der Waals surface area contributed by atoms with Gasteiger partial charge in [-0.15, -0.1) is 0 Å². The van der Waals surface area contributed by atoms with Gasteiger partial charge in [0.15, 0.2) is 0 Å². The number of carboxylic acid groups (broad SMARTS) is 1. The van der Waals surface area contributed by atoms with Gasteiger partial charge in [-0.2, -0.15) is 0 Å². The Morgan fingerprint density at radius 3 is 2.50 bits per heavy atom. The molecule has 1 aliphatic heterocycles. The van der Waals surface area contributed by atoms with Gasteiger partial charge in [-0.05, 0) is 44.2 Å². The monoisotopic (exact) mass is 221 g/mol. The smallest absolute Gasteiger partial charge is 0.308 e. The number of hydrogen-bond acceptors (Lipinski definition) is 2. The van der Waals surface area contributed by atoms with Gasteiger partial charge in [-0.25, -0.2) is 0 Å². The highest BCUT2D eigenvalue weighted by atomic mass is 16.4. The van der Waals surface area contributed by atoms with Crippen LogP contribution in [0.3, 0.4) is 0 Å². The number of fused-ring (bicyclic) bond motifs is 2. The van der Waals surface area contributed by atoms with Crippen LogP contribution in [0.5, 0.6) is 0 Å². The summed E-state index contributed by atoms with van der Waals surface area (Å²) in [5.74, 6) is 0.0687. The highest BCUT2D eigenvalue weighted by Crippen LogP contribution is 2.46. The van der Waals surface area contributed by atoms with Gasteiger partial charge >= 0.3 is 5.97 Å². The molecule has 3 nitrogen and oxygen atoms in total. The highest BCUT2D eigenvalue weighted by molar-refractivity contribution is 5.73. The van der Waals surface area contributed by atoms with Crippen LogP contribution in [-0.2, 0) is 4.79 Å². The summed E-state index contributed by atoms with van der Waals surface area (Å²) < 4.78 is 0. The predicted molar refractivity (Wildman–Crippen MR) is 61.1 cm³/mol. The van der Waals surface area contributed by atoms with Crippen molar-refractivity contribution >= 4 is 5.97 Å². The van der Waals surface area contributed by atoms with E-state index in [1.807, 2.05) is 0 Å². The molecule has 88 valence electrons. The number of aliphatic carboxylic acids is 1. The molecular formula is C13H19NO2. The Balaban J connectivity index is 1.81. The Labute approximate surface area is 96.1 Å². The molecule has 4 atom stereocenters. The van der Waals surface area contributed by atoms with E-state index in [0.29, 0.717) is 11.8 Å². The highest BCUT2D eigenvalue weighted by Gasteiger charge is 2.50. The van der Waals surface area contributed by atoms with Crippen molar-refractivity contribution in [3.63, 3.8) is 0 Å². The van der Waals surface area contributed by atoms with Crippen LogP contribution in [0.15, 0.2) is 12.2 Å². The summed E-state index contributed by atoms with van der Waals surface area (Å²) in [6, 6.07) is 0.285. The lowest BCUT2D eigenvalue weighted by Crippen LogP contribution is -2.48. The summed E-state index contributed by atoms with van der Waals surface area (Å²) in [6.45, 7) is 2.21. The van der Waals surface area contributed by atoms with Crippen LogP contribution in [0.25, 0.3) is 0 Å². The molecular weight excluding hydrogens is 202 g/mol. The zero-order chi connectivity index (χ0) is 11.1. The Morgan fingerprint density at radius 2 is 1.81 bits per heavy atom. The fourth-order valence-electron chi connectivity index (χ4n) is 3.84. The van der Waals surface area contributed by atoms with E-state index in [4.69, 9.17) is 0 Å². The lowest BCUT2D eigenvalue weighted by Gasteiger charge is -2.38. The summed E-state index contributed by atoms with van der Waals surface area (Å²) >= 11 is 0. The Hall–Kier alpha value is -0.830. The second-order valence-corrected chi connectivity index (χ2v) is 5.40. The topological polar surface area (TPSA) is 40.5 Å². The minimum atomic E-state index is -0.590. The van der Waals surface area contributed by atoms with E-state index < -0.39 is 5.97 Å². The minimum absolute atomic E-state index is 0.145. The van der Waals surface area contributed by atoms with Gasteiger partial charge in [0.1, 0.15) is 0 Å². The third kappa shape index (κ3) is 1.49. The molecule has 0 aromatic heterocycles. The number of allylic oxidation sites excluding steroid dienone is 1. The molecule has 2 bridgehead atoms. The van der Waals surface area contributed by atoms with Gasteiger partial charge in [-0.1, -0.05) is 18.6 Å². The number of carbonyl (C=O) groups is 1. The maximum absolute atomic E-state index is 11.4. The summed E-state index contributed by atoms with van der Waals surface area (Å²) in [5, 5.41) is 9.38. The summed E-state index contributed by atoms with van der Waals surface area (Å²) in [7, 11) is 0. The second kappa shape index (κ2) is 3.88. The van der Waals surface area contributed by atoms with Crippen LogP contribution < -0.4 is 0 Å². The Bertz CT molecular complexity index is 320. The lowest BCUT2D eigenvalue weighted by atomic mass is 9.87. The number of nitrogens with zero attached hydrogens (tertiary/aromatic N) is 1. The first-order chi connectivity index (χ1) is 7.77. The fraction of sp³-hybridized carbons (Fsp3) is 0.769. The third-order valence-electron chi connectivity index (χ3n) is 4.52. The van der Waals surface area contributed by atoms with Crippen molar-refractivity contribution in [1.82, 2.24) is 4.90 Å². The van der Waals surface area contributed by atoms with Crippen LogP contribution >= 0.6 is 0 Å². The quantitative estimate of drug-likeness (QED) is 0.722. The first-order valence-electron chi connectivity index (χ1n) is 6.42. The van der Waals surface area contributed by atoms with E-state index in [9.17, 15) is 9.90 Å². The molecule has 16 heavy (non-hydrogen) atoms. The third-order valence-corrected chi connectivity index (χ3v) is 4.52. The molecule has 2 aliphatic carbocycles. The first kappa shape index (κ1) is 10.3. The molecule has 0 spiro atoms. The predicted octanol–water partition coefficient (Wildman–Crippen LogP) is 1.75. The molecule has 0 aromatic carbocycles. The van der Waals surface area contributed by atoms with Crippen LogP contribution in [-0.4, -0.2) is 35.1 Å². The second-order valence-electron chi connectivity index (χ2n) is 5.40. The Kier molecular flexibility index (Phi) is 2.51. The van der Waals surface area contributed by atoms with Gasteiger partial charge < -0.3 is 5.11 Å². The largest absolute Gasteiger partial charge is 0.481 e. The van der Waals surface area contributed by atoms with E-state index in [1.165, 1.54) is 19.3 Å². The van der Waals surface area contributed by atoms with Gasteiger partial charge in [0, 0.05) is 6.04 Å². The molecule has 1 saturated carbocycles. The summed E-state index contributed by atoms with van der Waals surface area (Å²) in [6.07, 6.45) is 9.24. The zero-order valence-electron chi connectivity index (χ0n) is 9.51. The summed E-state index contributed by atoms with van der Waals surface area (Å²) in [5.41, 5.74) is 0. The molecule has 4 unspecified atom stereocenters. The van der Waals surface area contributed by atoms with Crippen molar-refractivity contribution < 1.29 is 9.90 Å². The fourth-order valence-corrected chi connectivity index (χ4v) is 3.84. The van der Waals surface area contributed by atoms with Crippen molar-refractivity contribution in [2.24, 2.45) is 17.8 Å². The molecule has 3 rings (SSSR count). The van der Waals surface area contributed by atoms with E-state index in [-0.39, 0.29) is 12.0 Å². The lowest BCUT2D eigenvalue weighted by molar-refractivity contribution is -0.145. The molecule has 1 saturated heterocycles. The number of carboxylic acids is 1. The maximum atomic E-state index is 11.4. The zero-order valence-corrected chi connectivity index (χ0v) is 9.51. The van der Waals surface area contributed by atoms with Crippen LogP contribution in [0.1, 0.15) is 25.7 Å². The molecule has 1 heterocycles. The normalized spacial score (nSPS) is 42.8. The molecule has 3 aliphatic rings. The van der Waals surface area contributed by atoms with Crippen molar-refractivity contribution in [3.8, 4) is 0 Å². The summed E-state index contributed by atoms with van der Waals surface area (Å²) in [4.78, 5) is 13.8. The van der Waals surface area contributed by atoms with E-state index in [0.717, 1.165) is 19.5 Å². The van der Waals surface area contributed by atoms with Crippen molar-refractivity contribution in [2.45, 2.75) is 31.7 Å². The van der Waals surface area contributed by atoms with Gasteiger partial charge in [-0.3, -0.25) is 9.69 Å². The van der Waals surface area contributed by atoms with Crippen molar-refractivity contribution in [1.29, 1.82) is 0 Å². The van der Waals surface area contributed by atoms with Crippen LogP contribution in [0.4, 0.5) is 0 Å². The van der Waals surface area contributed by atoms with E-state index >= 15 is 0 Å². The molecule has 2 fully saturated rings. The van der Waals surface area contributed by atoms with E-state index in [2.05, 4.69) is 17.1 Å². The van der Waals surface area contributed by atoms with Gasteiger partial charge in [0.2, 0.25) is 0 Å². The molecule has 1 N–H and O–H groups in total. The molecule has 0 radical (unpaired) electrons. The average molecular weight is 221 g/mol.